The summed E-state index contributed by atoms with van der Waals surface area (Å²) < 4.78 is 21.6. The number of benzene rings is 1. The summed E-state index contributed by atoms with van der Waals surface area (Å²) in [7, 11) is 0. The molecular formula is C13H19NO3S. The highest BCUT2D eigenvalue weighted by molar-refractivity contribution is 7.79. The van der Waals surface area contributed by atoms with E-state index in [9.17, 15) is 4.21 Å². The monoisotopic (exact) mass is 269 g/mol. The van der Waals surface area contributed by atoms with Crippen LogP contribution in [0.5, 0.6) is 0 Å². The highest BCUT2D eigenvalue weighted by Crippen LogP contribution is 2.24. The number of rotatable bonds is 4. The van der Waals surface area contributed by atoms with E-state index in [4.69, 9.17) is 8.92 Å². The molecule has 100 valence electrons. The first kappa shape index (κ1) is 13.5. The average Bonchev–Trinajstić information content (AvgIpc) is 2.38. The molecule has 0 bridgehead atoms. The predicted octanol–water partition coefficient (Wildman–Crippen LogP) is 1.64. The Balaban J connectivity index is 2.19. The van der Waals surface area contributed by atoms with Crippen LogP contribution in [-0.2, 0) is 26.6 Å². The molecule has 1 atom stereocenters. The maximum Gasteiger partial charge on any atom is 0.152 e. The molecule has 18 heavy (non-hydrogen) atoms. The minimum absolute atomic E-state index is 0.385. The van der Waals surface area contributed by atoms with Crippen LogP contribution in [0, 0.1) is 6.92 Å². The highest BCUT2D eigenvalue weighted by Gasteiger charge is 2.15. The van der Waals surface area contributed by atoms with E-state index in [1.807, 2.05) is 6.07 Å². The summed E-state index contributed by atoms with van der Waals surface area (Å²) >= 11 is -1.23. The summed E-state index contributed by atoms with van der Waals surface area (Å²) in [6.45, 7) is 5.77. The largest absolute Gasteiger partial charge is 0.378 e. The zero-order valence-corrected chi connectivity index (χ0v) is 11.7. The second kappa shape index (κ2) is 6.31. The zero-order chi connectivity index (χ0) is 13.0. The van der Waals surface area contributed by atoms with Crippen molar-refractivity contribution in [3.63, 3.8) is 0 Å². The Hall–Kier alpha value is -0.910. The van der Waals surface area contributed by atoms with E-state index in [2.05, 4.69) is 24.0 Å². The van der Waals surface area contributed by atoms with Crippen molar-refractivity contribution in [2.75, 3.05) is 37.5 Å². The van der Waals surface area contributed by atoms with E-state index >= 15 is 0 Å². The first-order chi connectivity index (χ1) is 8.66. The summed E-state index contributed by atoms with van der Waals surface area (Å²) in [5.74, 6) is 0. The number of ether oxygens (including phenoxy) is 1. The van der Waals surface area contributed by atoms with Crippen molar-refractivity contribution < 1.29 is 13.1 Å². The molecule has 0 saturated carbocycles. The highest BCUT2D eigenvalue weighted by atomic mass is 32.2. The minimum Gasteiger partial charge on any atom is -0.378 e. The lowest BCUT2D eigenvalue weighted by molar-refractivity contribution is 0.122. The van der Waals surface area contributed by atoms with Gasteiger partial charge in [0.05, 0.1) is 19.8 Å². The molecule has 4 nitrogen and oxygen atoms in total. The first-order valence-electron chi connectivity index (χ1n) is 6.06. The van der Waals surface area contributed by atoms with Crippen LogP contribution in [0.15, 0.2) is 18.2 Å². The van der Waals surface area contributed by atoms with Gasteiger partial charge in [0.15, 0.2) is 11.1 Å². The van der Waals surface area contributed by atoms with Crippen LogP contribution in [0.4, 0.5) is 5.69 Å². The smallest absolute Gasteiger partial charge is 0.152 e. The van der Waals surface area contributed by atoms with Crippen LogP contribution in [0.3, 0.4) is 0 Å². The van der Waals surface area contributed by atoms with Gasteiger partial charge in [0, 0.05) is 30.6 Å². The SMILES string of the molecule is Cc1ccc(COS(C)=O)c(N2CCOCC2)c1. The lowest BCUT2D eigenvalue weighted by Crippen LogP contribution is -2.36. The number of anilines is 1. The zero-order valence-electron chi connectivity index (χ0n) is 10.8. The third-order valence-corrected chi connectivity index (χ3v) is 3.42. The molecule has 1 aliphatic rings. The summed E-state index contributed by atoms with van der Waals surface area (Å²) in [5, 5.41) is 0. The molecule has 1 aromatic rings. The molecule has 2 rings (SSSR count). The second-order valence-electron chi connectivity index (χ2n) is 4.40. The van der Waals surface area contributed by atoms with Crippen molar-refractivity contribution in [2.24, 2.45) is 0 Å². The lowest BCUT2D eigenvalue weighted by Gasteiger charge is -2.30. The van der Waals surface area contributed by atoms with Crippen LogP contribution < -0.4 is 4.90 Å². The van der Waals surface area contributed by atoms with Crippen LogP contribution in [0.2, 0.25) is 0 Å². The fourth-order valence-corrected chi connectivity index (χ4v) is 2.33. The van der Waals surface area contributed by atoms with Gasteiger partial charge in [-0.3, -0.25) is 4.18 Å². The first-order valence-corrected chi connectivity index (χ1v) is 7.54. The number of morpholine rings is 1. The van der Waals surface area contributed by atoms with Crippen molar-refractivity contribution in [2.45, 2.75) is 13.5 Å². The number of nitrogens with zero attached hydrogens (tertiary/aromatic N) is 1. The number of aryl methyl sites for hydroxylation is 1. The molecule has 1 aromatic carbocycles. The third-order valence-electron chi connectivity index (χ3n) is 2.97. The average molecular weight is 269 g/mol. The molecule has 0 aliphatic carbocycles. The van der Waals surface area contributed by atoms with Crippen LogP contribution in [0.25, 0.3) is 0 Å². The van der Waals surface area contributed by atoms with Gasteiger partial charge in [-0.1, -0.05) is 12.1 Å². The van der Waals surface area contributed by atoms with E-state index in [1.54, 1.807) is 6.26 Å². The van der Waals surface area contributed by atoms with Crippen molar-refractivity contribution in [3.05, 3.63) is 29.3 Å². The van der Waals surface area contributed by atoms with E-state index in [0.717, 1.165) is 31.9 Å². The van der Waals surface area contributed by atoms with Crippen molar-refractivity contribution in [1.82, 2.24) is 0 Å². The summed E-state index contributed by atoms with van der Waals surface area (Å²) in [4.78, 5) is 2.30. The van der Waals surface area contributed by atoms with E-state index in [1.165, 1.54) is 11.3 Å². The molecule has 1 unspecified atom stereocenters. The van der Waals surface area contributed by atoms with Gasteiger partial charge < -0.3 is 9.64 Å². The van der Waals surface area contributed by atoms with Gasteiger partial charge in [-0.25, -0.2) is 4.21 Å². The lowest BCUT2D eigenvalue weighted by atomic mass is 10.1. The van der Waals surface area contributed by atoms with Gasteiger partial charge in [0.1, 0.15) is 0 Å². The Morgan fingerprint density at radius 2 is 2.11 bits per heavy atom. The fraction of sp³-hybridized carbons (Fsp3) is 0.538. The Bertz CT molecular complexity index is 430. The molecule has 0 amide bonds. The van der Waals surface area contributed by atoms with Gasteiger partial charge in [-0.15, -0.1) is 0 Å². The maximum absolute atomic E-state index is 11.0. The molecule has 5 heteroatoms. The second-order valence-corrected chi connectivity index (χ2v) is 5.43. The summed E-state index contributed by atoms with van der Waals surface area (Å²) in [6.07, 6.45) is 1.54. The maximum atomic E-state index is 11.0. The molecule has 1 fully saturated rings. The van der Waals surface area contributed by atoms with E-state index in [-0.39, 0.29) is 0 Å². The quantitative estimate of drug-likeness (QED) is 0.833. The van der Waals surface area contributed by atoms with Gasteiger partial charge in [-0.2, -0.15) is 0 Å². The molecule has 0 radical (unpaired) electrons. The van der Waals surface area contributed by atoms with Gasteiger partial charge in [0.2, 0.25) is 0 Å². The Morgan fingerprint density at radius 1 is 1.39 bits per heavy atom. The van der Waals surface area contributed by atoms with E-state index < -0.39 is 11.1 Å². The van der Waals surface area contributed by atoms with E-state index in [0.29, 0.717) is 6.61 Å². The normalized spacial score (nSPS) is 17.8. The van der Waals surface area contributed by atoms with Crippen molar-refractivity contribution in [3.8, 4) is 0 Å². The Labute approximate surface area is 111 Å². The molecular weight excluding hydrogens is 250 g/mol. The topological polar surface area (TPSA) is 38.8 Å². The number of hydrogen-bond acceptors (Lipinski definition) is 4. The van der Waals surface area contributed by atoms with Gasteiger partial charge in [-0.05, 0) is 18.6 Å². The standard InChI is InChI=1S/C13H19NO3S/c1-11-3-4-12(10-17-18(2)15)13(9-11)14-5-7-16-8-6-14/h3-4,9H,5-8,10H2,1-2H3. The Morgan fingerprint density at radius 3 is 2.78 bits per heavy atom. The molecule has 1 heterocycles. The molecule has 0 spiro atoms. The van der Waals surface area contributed by atoms with Crippen LogP contribution >= 0.6 is 0 Å². The van der Waals surface area contributed by atoms with Crippen molar-refractivity contribution in [1.29, 1.82) is 0 Å². The third kappa shape index (κ3) is 3.54. The van der Waals surface area contributed by atoms with Gasteiger partial charge >= 0.3 is 0 Å². The molecule has 0 aromatic heterocycles. The van der Waals surface area contributed by atoms with Crippen LogP contribution in [-0.4, -0.2) is 36.8 Å². The summed E-state index contributed by atoms with van der Waals surface area (Å²) in [5.41, 5.74) is 3.47. The molecule has 1 saturated heterocycles. The van der Waals surface area contributed by atoms with Crippen LogP contribution in [0.1, 0.15) is 11.1 Å². The van der Waals surface area contributed by atoms with Crippen molar-refractivity contribution >= 4 is 16.8 Å². The minimum atomic E-state index is -1.23. The summed E-state index contributed by atoms with van der Waals surface area (Å²) in [6, 6.07) is 6.26. The molecule has 1 aliphatic heterocycles. The molecule has 0 N–H and O–H groups in total. The fourth-order valence-electron chi connectivity index (χ4n) is 2.04. The Kier molecular flexibility index (Phi) is 4.74. The number of hydrogen-bond donors (Lipinski definition) is 0. The predicted molar refractivity (Wildman–Crippen MR) is 73.1 cm³/mol. The van der Waals surface area contributed by atoms with Gasteiger partial charge in [0.25, 0.3) is 0 Å².